The number of hydrogen-bond acceptors (Lipinski definition) is 2. The molecule has 1 N–H and O–H groups in total. The Balaban J connectivity index is 1.85. The molecule has 112 valence electrons. The zero-order valence-corrected chi connectivity index (χ0v) is 12.5. The van der Waals surface area contributed by atoms with Crippen molar-refractivity contribution in [1.82, 2.24) is 0 Å². The molecule has 4 rings (SSSR count). The maximum atomic E-state index is 10.5. The molecule has 23 heavy (non-hydrogen) atoms. The van der Waals surface area contributed by atoms with E-state index in [1.165, 1.54) is 0 Å². The summed E-state index contributed by atoms with van der Waals surface area (Å²) in [5.41, 5.74) is 2.94. The van der Waals surface area contributed by atoms with Crippen molar-refractivity contribution in [3.63, 3.8) is 0 Å². The van der Waals surface area contributed by atoms with Crippen LogP contribution in [-0.4, -0.2) is 5.11 Å². The fourth-order valence-electron chi connectivity index (χ4n) is 2.99. The van der Waals surface area contributed by atoms with Gasteiger partial charge in [-0.15, -0.1) is 0 Å². The third kappa shape index (κ3) is 2.49. The molecule has 0 saturated carbocycles. The molecule has 1 aliphatic rings. The molecule has 0 saturated heterocycles. The monoisotopic (exact) mass is 300 g/mol. The maximum Gasteiger partial charge on any atom is 0.131 e. The van der Waals surface area contributed by atoms with Gasteiger partial charge in [0.25, 0.3) is 0 Å². The summed E-state index contributed by atoms with van der Waals surface area (Å²) in [6.07, 6.45) is 1.90. The van der Waals surface area contributed by atoms with Crippen molar-refractivity contribution in [3.05, 3.63) is 102 Å². The molecule has 3 aromatic carbocycles. The number of para-hydroxylation sites is 2. The smallest absolute Gasteiger partial charge is 0.131 e. The van der Waals surface area contributed by atoms with Gasteiger partial charge in [-0.05, 0) is 18.2 Å². The number of fused-ring (bicyclic) bond motifs is 2. The highest BCUT2D eigenvalue weighted by Crippen LogP contribution is 2.45. The zero-order valence-electron chi connectivity index (χ0n) is 12.5. The van der Waals surface area contributed by atoms with Gasteiger partial charge in [0.15, 0.2) is 0 Å². The number of hydrogen-bond donors (Lipinski definition) is 1. The summed E-state index contributed by atoms with van der Waals surface area (Å²) in [6.45, 7) is 0. The van der Waals surface area contributed by atoms with E-state index in [2.05, 4.69) is 0 Å². The highest BCUT2D eigenvalue weighted by atomic mass is 16.5. The molecule has 0 aliphatic carbocycles. The Labute approximate surface area is 135 Å². The molecule has 0 bridgehead atoms. The van der Waals surface area contributed by atoms with Crippen LogP contribution in [-0.2, 0) is 0 Å². The fraction of sp³-hybridized carbons (Fsp3) is 0.0476. The Morgan fingerprint density at radius 2 is 1.26 bits per heavy atom. The molecular weight excluding hydrogens is 284 g/mol. The van der Waals surface area contributed by atoms with E-state index in [4.69, 9.17) is 4.74 Å². The van der Waals surface area contributed by atoms with E-state index in [1.54, 1.807) is 0 Å². The Morgan fingerprint density at radius 3 is 1.87 bits per heavy atom. The summed E-state index contributed by atoms with van der Waals surface area (Å²) < 4.78 is 5.98. The van der Waals surface area contributed by atoms with E-state index < -0.39 is 0 Å². The molecule has 0 unspecified atom stereocenters. The van der Waals surface area contributed by atoms with E-state index in [-0.39, 0.29) is 11.7 Å². The molecule has 0 fully saturated rings. The van der Waals surface area contributed by atoms with E-state index in [1.807, 2.05) is 84.9 Å². The first kappa shape index (κ1) is 13.6. The number of aliphatic hydroxyl groups excluding tert-OH is 1. The van der Waals surface area contributed by atoms with Gasteiger partial charge in [0.2, 0.25) is 0 Å². The maximum absolute atomic E-state index is 10.5. The second-order valence-electron chi connectivity index (χ2n) is 5.57. The van der Waals surface area contributed by atoms with Crippen molar-refractivity contribution < 1.29 is 9.84 Å². The van der Waals surface area contributed by atoms with Gasteiger partial charge in [-0.2, -0.15) is 0 Å². The lowest BCUT2D eigenvalue weighted by atomic mass is 9.87. The van der Waals surface area contributed by atoms with Gasteiger partial charge < -0.3 is 9.84 Å². The number of rotatable bonds is 2. The van der Waals surface area contributed by atoms with Gasteiger partial charge >= 0.3 is 0 Å². The molecular formula is C21H16O2. The SMILES string of the molecule is O/C(=C\C1c2ccccc2Oc2ccccc21)c1ccccc1. The fourth-order valence-corrected chi connectivity index (χ4v) is 2.99. The van der Waals surface area contributed by atoms with Gasteiger partial charge in [0, 0.05) is 22.6 Å². The molecule has 0 aromatic heterocycles. The second kappa shape index (κ2) is 5.65. The zero-order chi connectivity index (χ0) is 15.6. The lowest BCUT2D eigenvalue weighted by Crippen LogP contribution is -2.08. The van der Waals surface area contributed by atoms with Crippen molar-refractivity contribution in [3.8, 4) is 11.5 Å². The highest BCUT2D eigenvalue weighted by molar-refractivity contribution is 5.64. The summed E-state index contributed by atoms with van der Waals surface area (Å²) in [5, 5.41) is 10.5. The Hall–Kier alpha value is -3.00. The topological polar surface area (TPSA) is 29.5 Å². The van der Waals surface area contributed by atoms with Crippen LogP contribution < -0.4 is 4.74 Å². The molecule has 2 nitrogen and oxygen atoms in total. The third-order valence-corrected chi connectivity index (χ3v) is 4.12. The van der Waals surface area contributed by atoms with E-state index in [0.717, 1.165) is 28.2 Å². The Bertz CT molecular complexity index is 820. The standard InChI is InChI=1S/C21H16O2/c22-19(15-8-2-1-3-9-15)14-18-16-10-4-6-12-20(16)23-21-13-7-5-11-17(18)21/h1-14,18,22H/b19-14-. The van der Waals surface area contributed by atoms with Gasteiger partial charge in [-0.3, -0.25) is 0 Å². The second-order valence-corrected chi connectivity index (χ2v) is 5.57. The van der Waals surface area contributed by atoms with Gasteiger partial charge in [0.05, 0.1) is 0 Å². The Morgan fingerprint density at radius 1 is 0.739 bits per heavy atom. The summed E-state index contributed by atoms with van der Waals surface area (Å²) in [7, 11) is 0. The van der Waals surface area contributed by atoms with Crippen molar-refractivity contribution in [2.45, 2.75) is 5.92 Å². The number of benzene rings is 3. The largest absolute Gasteiger partial charge is 0.508 e. The number of allylic oxidation sites excluding steroid dienone is 1. The Kier molecular flexibility index (Phi) is 3.35. The minimum Gasteiger partial charge on any atom is -0.508 e. The van der Waals surface area contributed by atoms with E-state index in [0.29, 0.717) is 0 Å². The average molecular weight is 300 g/mol. The average Bonchev–Trinajstić information content (AvgIpc) is 2.62. The van der Waals surface area contributed by atoms with Crippen molar-refractivity contribution >= 4 is 5.76 Å². The van der Waals surface area contributed by atoms with Crippen LogP contribution in [0.1, 0.15) is 22.6 Å². The first-order valence-corrected chi connectivity index (χ1v) is 7.65. The lowest BCUT2D eigenvalue weighted by Gasteiger charge is -2.26. The number of ether oxygens (including phenoxy) is 1. The lowest BCUT2D eigenvalue weighted by molar-refractivity contribution is 0.452. The summed E-state index contributed by atoms with van der Waals surface area (Å²) in [4.78, 5) is 0. The van der Waals surface area contributed by atoms with Crippen LogP contribution in [0, 0.1) is 0 Å². The highest BCUT2D eigenvalue weighted by Gasteiger charge is 2.25. The first-order valence-electron chi connectivity index (χ1n) is 7.65. The third-order valence-electron chi connectivity index (χ3n) is 4.12. The molecule has 0 amide bonds. The van der Waals surface area contributed by atoms with Gasteiger partial charge in [-0.1, -0.05) is 66.7 Å². The summed E-state index contributed by atoms with van der Waals surface area (Å²) >= 11 is 0. The normalized spacial score (nSPS) is 13.8. The first-order chi connectivity index (χ1) is 11.3. The van der Waals surface area contributed by atoms with Crippen LogP contribution in [0.25, 0.3) is 5.76 Å². The van der Waals surface area contributed by atoms with Crippen LogP contribution in [0.3, 0.4) is 0 Å². The molecule has 0 spiro atoms. The molecule has 1 heterocycles. The van der Waals surface area contributed by atoms with Crippen molar-refractivity contribution in [2.24, 2.45) is 0 Å². The van der Waals surface area contributed by atoms with Crippen molar-refractivity contribution in [1.29, 1.82) is 0 Å². The van der Waals surface area contributed by atoms with Crippen LogP contribution in [0.2, 0.25) is 0 Å². The van der Waals surface area contributed by atoms with Gasteiger partial charge in [0.1, 0.15) is 17.3 Å². The number of aliphatic hydroxyl groups is 1. The molecule has 0 atom stereocenters. The van der Waals surface area contributed by atoms with E-state index in [9.17, 15) is 5.11 Å². The predicted octanol–water partition coefficient (Wildman–Crippen LogP) is 5.52. The predicted molar refractivity (Wildman–Crippen MR) is 91.8 cm³/mol. The molecule has 1 aliphatic heterocycles. The van der Waals surface area contributed by atoms with Crippen LogP contribution in [0.15, 0.2) is 84.9 Å². The summed E-state index contributed by atoms with van der Waals surface area (Å²) in [5.74, 6) is 1.93. The quantitative estimate of drug-likeness (QED) is 0.631. The molecule has 0 radical (unpaired) electrons. The van der Waals surface area contributed by atoms with Crippen molar-refractivity contribution in [2.75, 3.05) is 0 Å². The summed E-state index contributed by atoms with van der Waals surface area (Å²) in [6, 6.07) is 25.5. The minimum absolute atomic E-state index is 0.0312. The minimum atomic E-state index is -0.0312. The molecule has 2 heteroatoms. The van der Waals surface area contributed by atoms with Crippen LogP contribution >= 0.6 is 0 Å². The van der Waals surface area contributed by atoms with Gasteiger partial charge in [-0.25, -0.2) is 0 Å². The van der Waals surface area contributed by atoms with Crippen LogP contribution in [0.4, 0.5) is 0 Å². The van der Waals surface area contributed by atoms with Crippen LogP contribution in [0.5, 0.6) is 11.5 Å². The van der Waals surface area contributed by atoms with E-state index >= 15 is 0 Å². The molecule has 3 aromatic rings.